The standard InChI is InChI=1S/C21H30N4O3S/c1-5-12-24(20(26)22-6-2)15-19-13-23-21(25(19)14-17(3)4)29(27,28)16-18-10-8-7-9-11-18/h5,7-11,13,17H,1,6,12,14-16H2,2-4H3,(H,22,26). The second-order valence-electron chi connectivity index (χ2n) is 7.29. The van der Waals surface area contributed by atoms with Crippen LogP contribution in [0.4, 0.5) is 4.79 Å². The summed E-state index contributed by atoms with van der Waals surface area (Å²) in [5.41, 5.74) is 1.39. The first-order valence-electron chi connectivity index (χ1n) is 9.73. The van der Waals surface area contributed by atoms with Crippen molar-refractivity contribution in [3.8, 4) is 0 Å². The quantitative estimate of drug-likeness (QED) is 0.601. The van der Waals surface area contributed by atoms with Crippen molar-refractivity contribution in [3.05, 3.63) is 60.4 Å². The van der Waals surface area contributed by atoms with E-state index >= 15 is 0 Å². The van der Waals surface area contributed by atoms with E-state index in [4.69, 9.17) is 0 Å². The van der Waals surface area contributed by atoms with E-state index in [-0.39, 0.29) is 29.4 Å². The number of carbonyl (C=O) groups is 1. The Morgan fingerprint density at radius 1 is 1.31 bits per heavy atom. The minimum Gasteiger partial charge on any atom is -0.338 e. The van der Waals surface area contributed by atoms with Crippen molar-refractivity contribution >= 4 is 15.9 Å². The van der Waals surface area contributed by atoms with Crippen molar-refractivity contribution in [3.63, 3.8) is 0 Å². The summed E-state index contributed by atoms with van der Waals surface area (Å²) in [5.74, 6) is 0.0979. The van der Waals surface area contributed by atoms with E-state index in [1.165, 1.54) is 0 Å². The van der Waals surface area contributed by atoms with Gasteiger partial charge in [-0.15, -0.1) is 6.58 Å². The predicted octanol–water partition coefficient (Wildman–Crippen LogP) is 3.23. The monoisotopic (exact) mass is 418 g/mol. The lowest BCUT2D eigenvalue weighted by atomic mass is 10.2. The van der Waals surface area contributed by atoms with Gasteiger partial charge in [0.15, 0.2) is 0 Å². The maximum absolute atomic E-state index is 13.1. The zero-order chi connectivity index (χ0) is 21.4. The van der Waals surface area contributed by atoms with Gasteiger partial charge in [-0.3, -0.25) is 0 Å². The number of hydrogen-bond acceptors (Lipinski definition) is 4. The molecule has 0 aliphatic heterocycles. The van der Waals surface area contributed by atoms with Crippen LogP contribution in [0.5, 0.6) is 0 Å². The largest absolute Gasteiger partial charge is 0.338 e. The third-order valence-corrected chi connectivity index (χ3v) is 5.84. The summed E-state index contributed by atoms with van der Waals surface area (Å²) >= 11 is 0. The molecule has 0 atom stereocenters. The Labute approximate surface area is 173 Å². The SMILES string of the molecule is C=CCN(Cc1cnc(S(=O)(=O)Cc2ccccc2)n1CC(C)C)C(=O)NCC. The molecule has 0 aliphatic rings. The van der Waals surface area contributed by atoms with E-state index in [9.17, 15) is 13.2 Å². The van der Waals surface area contributed by atoms with Crippen molar-refractivity contribution in [1.29, 1.82) is 0 Å². The number of urea groups is 1. The van der Waals surface area contributed by atoms with Gasteiger partial charge in [0.05, 0.1) is 24.2 Å². The lowest BCUT2D eigenvalue weighted by molar-refractivity contribution is 0.200. The van der Waals surface area contributed by atoms with E-state index in [0.29, 0.717) is 30.9 Å². The molecule has 0 spiro atoms. The number of nitrogens with one attached hydrogen (secondary N) is 1. The maximum Gasteiger partial charge on any atom is 0.318 e. The molecule has 8 heteroatoms. The van der Waals surface area contributed by atoms with E-state index in [2.05, 4.69) is 16.9 Å². The molecule has 2 rings (SSSR count). The van der Waals surface area contributed by atoms with Gasteiger partial charge in [0.2, 0.25) is 15.0 Å². The molecule has 2 aromatic rings. The number of aromatic nitrogens is 2. The van der Waals surface area contributed by atoms with Crippen LogP contribution in [0.3, 0.4) is 0 Å². The van der Waals surface area contributed by atoms with Gasteiger partial charge in [-0.2, -0.15) is 0 Å². The van der Waals surface area contributed by atoms with Crippen molar-refractivity contribution in [2.75, 3.05) is 13.1 Å². The molecule has 2 amide bonds. The summed E-state index contributed by atoms with van der Waals surface area (Å²) in [6.07, 6.45) is 3.20. The first-order chi connectivity index (χ1) is 13.8. The number of hydrogen-bond donors (Lipinski definition) is 1. The number of sulfone groups is 1. The van der Waals surface area contributed by atoms with Gasteiger partial charge in [-0.25, -0.2) is 18.2 Å². The van der Waals surface area contributed by atoms with Crippen LogP contribution in [0, 0.1) is 5.92 Å². The third-order valence-electron chi connectivity index (χ3n) is 4.24. The van der Waals surface area contributed by atoms with E-state index < -0.39 is 9.84 Å². The van der Waals surface area contributed by atoms with Gasteiger partial charge in [-0.1, -0.05) is 50.3 Å². The summed E-state index contributed by atoms with van der Waals surface area (Å²) in [7, 11) is -3.63. The summed E-state index contributed by atoms with van der Waals surface area (Å²) < 4.78 is 27.9. The first-order valence-corrected chi connectivity index (χ1v) is 11.4. The van der Waals surface area contributed by atoms with Gasteiger partial charge < -0.3 is 14.8 Å². The fourth-order valence-corrected chi connectivity index (χ4v) is 4.52. The van der Waals surface area contributed by atoms with Crippen LogP contribution in [0.1, 0.15) is 32.0 Å². The smallest absolute Gasteiger partial charge is 0.318 e. The van der Waals surface area contributed by atoms with Crippen LogP contribution in [-0.2, 0) is 28.7 Å². The lowest BCUT2D eigenvalue weighted by Gasteiger charge is -2.23. The van der Waals surface area contributed by atoms with Gasteiger partial charge in [0.1, 0.15) is 0 Å². The molecule has 0 radical (unpaired) electrons. The van der Waals surface area contributed by atoms with Crippen LogP contribution in [-0.4, -0.2) is 42.0 Å². The fraction of sp³-hybridized carbons (Fsp3) is 0.429. The minimum atomic E-state index is -3.63. The molecule has 29 heavy (non-hydrogen) atoms. The Hall–Kier alpha value is -2.61. The second kappa shape index (κ2) is 10.2. The highest BCUT2D eigenvalue weighted by atomic mass is 32.2. The number of amides is 2. The Balaban J connectivity index is 2.38. The van der Waals surface area contributed by atoms with E-state index in [1.54, 1.807) is 33.9 Å². The molecule has 1 aromatic carbocycles. The Morgan fingerprint density at radius 3 is 2.59 bits per heavy atom. The van der Waals surface area contributed by atoms with Crippen molar-refractivity contribution < 1.29 is 13.2 Å². The normalized spacial score (nSPS) is 11.4. The third kappa shape index (κ3) is 6.19. The second-order valence-corrected chi connectivity index (χ2v) is 9.17. The molecular formula is C21H30N4O3S. The van der Waals surface area contributed by atoms with Gasteiger partial charge >= 0.3 is 6.03 Å². The predicted molar refractivity (Wildman–Crippen MR) is 114 cm³/mol. The molecule has 1 N–H and O–H groups in total. The van der Waals surface area contributed by atoms with E-state index in [0.717, 1.165) is 0 Å². The van der Waals surface area contributed by atoms with Crippen LogP contribution < -0.4 is 5.32 Å². The van der Waals surface area contributed by atoms with Crippen molar-refractivity contribution in [1.82, 2.24) is 19.8 Å². The van der Waals surface area contributed by atoms with Gasteiger partial charge in [-0.05, 0) is 18.4 Å². The molecule has 7 nitrogen and oxygen atoms in total. The number of carbonyl (C=O) groups excluding carboxylic acids is 1. The molecule has 0 saturated heterocycles. The minimum absolute atomic E-state index is 0.0412. The summed E-state index contributed by atoms with van der Waals surface area (Å²) in [5, 5.41) is 2.81. The summed E-state index contributed by atoms with van der Waals surface area (Å²) in [4.78, 5) is 18.2. The van der Waals surface area contributed by atoms with Gasteiger partial charge in [0, 0.05) is 19.6 Å². The molecule has 0 saturated carbocycles. The highest BCUT2D eigenvalue weighted by Crippen LogP contribution is 2.20. The number of rotatable bonds is 10. The summed E-state index contributed by atoms with van der Waals surface area (Å²) in [6, 6.07) is 8.83. The molecule has 0 unspecified atom stereocenters. The average Bonchev–Trinajstić information content (AvgIpc) is 3.04. The zero-order valence-electron chi connectivity index (χ0n) is 17.3. The van der Waals surface area contributed by atoms with E-state index in [1.807, 2.05) is 39.0 Å². The highest BCUT2D eigenvalue weighted by molar-refractivity contribution is 7.90. The molecule has 1 heterocycles. The van der Waals surface area contributed by atoms with Crippen molar-refractivity contribution in [2.24, 2.45) is 5.92 Å². The van der Waals surface area contributed by atoms with Crippen LogP contribution in [0.2, 0.25) is 0 Å². The number of nitrogens with zero attached hydrogens (tertiary/aromatic N) is 3. The maximum atomic E-state index is 13.1. The fourth-order valence-electron chi connectivity index (χ4n) is 3.02. The molecule has 0 aliphatic carbocycles. The Bertz CT molecular complexity index is 921. The molecule has 1 aromatic heterocycles. The summed E-state index contributed by atoms with van der Waals surface area (Å²) in [6.45, 7) is 11.2. The average molecular weight is 419 g/mol. The number of benzene rings is 1. The molecular weight excluding hydrogens is 388 g/mol. The topological polar surface area (TPSA) is 84.3 Å². The molecule has 0 fully saturated rings. The van der Waals surface area contributed by atoms with Crippen LogP contribution in [0.15, 0.2) is 54.3 Å². The van der Waals surface area contributed by atoms with Gasteiger partial charge in [0.25, 0.3) is 0 Å². The highest BCUT2D eigenvalue weighted by Gasteiger charge is 2.25. The Morgan fingerprint density at radius 2 is 2.00 bits per heavy atom. The zero-order valence-corrected chi connectivity index (χ0v) is 18.2. The van der Waals surface area contributed by atoms with Crippen molar-refractivity contribution in [2.45, 2.75) is 44.8 Å². The Kier molecular flexibility index (Phi) is 8.01. The first kappa shape index (κ1) is 22.7. The molecule has 158 valence electrons. The molecule has 0 bridgehead atoms. The lowest BCUT2D eigenvalue weighted by Crippen LogP contribution is -2.40. The van der Waals surface area contributed by atoms with Crippen LogP contribution in [0.25, 0.3) is 0 Å². The number of imidazole rings is 1. The van der Waals surface area contributed by atoms with Crippen LogP contribution >= 0.6 is 0 Å².